The number of unbranched alkanes of at least 4 members (excludes halogenated alkanes) is 14. The molecule has 0 bridgehead atoms. The van der Waals surface area contributed by atoms with Gasteiger partial charge in [-0.15, -0.1) is 0 Å². The van der Waals surface area contributed by atoms with Gasteiger partial charge in [0.1, 0.15) is 0 Å². The highest BCUT2D eigenvalue weighted by atomic mass is 16.3. The number of carbonyl (C=O) groups excluding carboxylic acids is 1. The molecule has 0 aromatic carbocycles. The van der Waals surface area contributed by atoms with Crippen LogP contribution in [0.1, 0.15) is 149 Å². The molecule has 0 heterocycles. The highest BCUT2D eigenvalue weighted by Crippen LogP contribution is 2.11. The SMILES string of the molecule is CCCC/C=C/CC/C=C/CC/C=C/C(O)C(CO)NC(=O)CC(O)CCCCC/C=C\CCCCCCCCC. The Bertz CT molecular complexity index is 685. The van der Waals surface area contributed by atoms with Crippen LogP contribution in [0.3, 0.4) is 0 Å². The molecular formula is C36H65NO4. The van der Waals surface area contributed by atoms with Crippen LogP contribution >= 0.6 is 0 Å². The van der Waals surface area contributed by atoms with Crippen molar-refractivity contribution in [1.29, 1.82) is 0 Å². The van der Waals surface area contributed by atoms with Gasteiger partial charge in [0.25, 0.3) is 0 Å². The van der Waals surface area contributed by atoms with Crippen molar-refractivity contribution in [2.45, 2.75) is 167 Å². The molecule has 41 heavy (non-hydrogen) atoms. The third kappa shape index (κ3) is 28.2. The van der Waals surface area contributed by atoms with E-state index in [0.717, 1.165) is 51.4 Å². The smallest absolute Gasteiger partial charge is 0.222 e. The highest BCUT2D eigenvalue weighted by molar-refractivity contribution is 5.76. The molecule has 3 unspecified atom stereocenters. The second-order valence-corrected chi connectivity index (χ2v) is 11.4. The molecule has 0 saturated carbocycles. The van der Waals surface area contributed by atoms with Crippen LogP contribution in [-0.4, -0.2) is 46.1 Å². The van der Waals surface area contributed by atoms with E-state index in [1.807, 2.05) is 6.08 Å². The van der Waals surface area contributed by atoms with Crippen LogP contribution in [0.5, 0.6) is 0 Å². The molecule has 0 aromatic heterocycles. The van der Waals surface area contributed by atoms with Crippen LogP contribution in [0, 0.1) is 0 Å². The summed E-state index contributed by atoms with van der Waals surface area (Å²) < 4.78 is 0. The van der Waals surface area contributed by atoms with Gasteiger partial charge in [0.2, 0.25) is 5.91 Å². The van der Waals surface area contributed by atoms with E-state index < -0.39 is 18.2 Å². The largest absolute Gasteiger partial charge is 0.394 e. The number of hydrogen-bond donors (Lipinski definition) is 4. The van der Waals surface area contributed by atoms with E-state index >= 15 is 0 Å². The molecular weight excluding hydrogens is 510 g/mol. The molecule has 0 rings (SSSR count). The Balaban J connectivity index is 3.88. The van der Waals surface area contributed by atoms with E-state index in [2.05, 4.69) is 55.6 Å². The maximum atomic E-state index is 12.3. The van der Waals surface area contributed by atoms with Crippen LogP contribution in [0.15, 0.2) is 48.6 Å². The average molecular weight is 576 g/mol. The van der Waals surface area contributed by atoms with Crippen molar-refractivity contribution in [3.63, 3.8) is 0 Å². The zero-order valence-corrected chi connectivity index (χ0v) is 26.7. The van der Waals surface area contributed by atoms with Gasteiger partial charge in [-0.2, -0.15) is 0 Å². The monoisotopic (exact) mass is 575 g/mol. The van der Waals surface area contributed by atoms with Crippen LogP contribution in [0.25, 0.3) is 0 Å². The van der Waals surface area contributed by atoms with Crippen molar-refractivity contribution < 1.29 is 20.1 Å². The molecule has 0 aliphatic carbocycles. The number of rotatable bonds is 29. The standard InChI is InChI=1S/C36H65NO4/c1-3-5-7-9-11-13-15-17-18-19-21-23-25-27-29-33(39)31-36(41)37-34(32-38)35(40)30-28-26-24-22-20-16-14-12-10-8-6-4-2/h10,12,18-20,22,28,30,33-35,38-40H,3-9,11,13-17,21,23-27,29,31-32H2,1-2H3,(H,37,41)/b12-10+,19-18-,22-20+,30-28+. The van der Waals surface area contributed by atoms with Crippen molar-refractivity contribution in [1.82, 2.24) is 5.32 Å². The Labute approximate surface area is 253 Å². The van der Waals surface area contributed by atoms with Crippen molar-refractivity contribution >= 4 is 5.91 Å². The molecule has 0 spiro atoms. The van der Waals surface area contributed by atoms with E-state index in [1.165, 1.54) is 70.6 Å². The van der Waals surface area contributed by atoms with E-state index in [4.69, 9.17) is 0 Å². The summed E-state index contributed by atoms with van der Waals surface area (Å²) in [6.07, 6.45) is 38.0. The maximum Gasteiger partial charge on any atom is 0.222 e. The minimum Gasteiger partial charge on any atom is -0.394 e. The molecule has 0 radical (unpaired) electrons. The zero-order valence-electron chi connectivity index (χ0n) is 26.7. The Morgan fingerprint density at radius 2 is 1.07 bits per heavy atom. The number of aliphatic hydroxyl groups is 3. The summed E-state index contributed by atoms with van der Waals surface area (Å²) in [6.45, 7) is 4.10. The minimum absolute atomic E-state index is 0.0101. The van der Waals surface area contributed by atoms with Gasteiger partial charge in [0.15, 0.2) is 0 Å². The average Bonchev–Trinajstić information content (AvgIpc) is 2.96. The normalized spacial score (nSPS) is 14.6. The fraction of sp³-hybridized carbons (Fsp3) is 0.750. The van der Waals surface area contributed by atoms with E-state index in [1.54, 1.807) is 6.08 Å². The third-order valence-electron chi connectivity index (χ3n) is 7.32. The van der Waals surface area contributed by atoms with Crippen molar-refractivity contribution in [2.75, 3.05) is 6.61 Å². The van der Waals surface area contributed by atoms with Gasteiger partial charge < -0.3 is 20.6 Å². The zero-order chi connectivity index (χ0) is 30.2. The maximum absolute atomic E-state index is 12.3. The predicted octanol–water partition coefficient (Wildman–Crippen LogP) is 8.64. The fourth-order valence-corrected chi connectivity index (χ4v) is 4.64. The lowest BCUT2D eigenvalue weighted by Crippen LogP contribution is -2.45. The quantitative estimate of drug-likeness (QED) is 0.0531. The first-order valence-electron chi connectivity index (χ1n) is 16.9. The molecule has 0 fully saturated rings. The molecule has 3 atom stereocenters. The molecule has 238 valence electrons. The molecule has 0 saturated heterocycles. The molecule has 0 aromatic rings. The van der Waals surface area contributed by atoms with Gasteiger partial charge in [-0.05, 0) is 64.2 Å². The molecule has 5 heteroatoms. The summed E-state index contributed by atoms with van der Waals surface area (Å²) in [5, 5.41) is 32.9. The summed E-state index contributed by atoms with van der Waals surface area (Å²) in [4.78, 5) is 12.3. The second-order valence-electron chi connectivity index (χ2n) is 11.4. The summed E-state index contributed by atoms with van der Waals surface area (Å²) in [5.74, 6) is -0.344. The van der Waals surface area contributed by atoms with E-state index in [0.29, 0.717) is 6.42 Å². The van der Waals surface area contributed by atoms with Gasteiger partial charge in [0, 0.05) is 0 Å². The number of allylic oxidation sites excluding steroid dienone is 7. The lowest BCUT2D eigenvalue weighted by Gasteiger charge is -2.20. The van der Waals surface area contributed by atoms with Crippen LogP contribution in [0.2, 0.25) is 0 Å². The molecule has 5 nitrogen and oxygen atoms in total. The lowest BCUT2D eigenvalue weighted by atomic mass is 10.1. The fourth-order valence-electron chi connectivity index (χ4n) is 4.64. The van der Waals surface area contributed by atoms with Crippen LogP contribution in [-0.2, 0) is 4.79 Å². The Hall–Kier alpha value is -1.69. The summed E-state index contributed by atoms with van der Waals surface area (Å²) >= 11 is 0. The Morgan fingerprint density at radius 3 is 1.63 bits per heavy atom. The van der Waals surface area contributed by atoms with Gasteiger partial charge >= 0.3 is 0 Å². The van der Waals surface area contributed by atoms with Gasteiger partial charge in [-0.1, -0.05) is 127 Å². The molecule has 0 aliphatic heterocycles. The summed E-state index contributed by atoms with van der Waals surface area (Å²) in [5.41, 5.74) is 0. The molecule has 0 aliphatic rings. The van der Waals surface area contributed by atoms with E-state index in [9.17, 15) is 20.1 Å². The highest BCUT2D eigenvalue weighted by Gasteiger charge is 2.19. The number of carbonyl (C=O) groups is 1. The number of aliphatic hydroxyl groups excluding tert-OH is 3. The molecule has 4 N–H and O–H groups in total. The predicted molar refractivity (Wildman–Crippen MR) is 176 cm³/mol. The third-order valence-corrected chi connectivity index (χ3v) is 7.32. The van der Waals surface area contributed by atoms with Gasteiger partial charge in [0.05, 0.1) is 31.3 Å². The summed E-state index contributed by atoms with van der Waals surface area (Å²) in [7, 11) is 0. The summed E-state index contributed by atoms with van der Waals surface area (Å²) in [6, 6.07) is -0.770. The van der Waals surface area contributed by atoms with Crippen LogP contribution < -0.4 is 5.32 Å². The van der Waals surface area contributed by atoms with Crippen molar-refractivity contribution in [3.8, 4) is 0 Å². The first kappa shape index (κ1) is 39.3. The Morgan fingerprint density at radius 1 is 0.610 bits per heavy atom. The first-order valence-corrected chi connectivity index (χ1v) is 16.9. The topological polar surface area (TPSA) is 89.8 Å². The molecule has 1 amide bonds. The van der Waals surface area contributed by atoms with E-state index in [-0.39, 0.29) is 18.9 Å². The number of hydrogen-bond acceptors (Lipinski definition) is 4. The van der Waals surface area contributed by atoms with Crippen LogP contribution in [0.4, 0.5) is 0 Å². The first-order chi connectivity index (χ1) is 20.0. The minimum atomic E-state index is -0.961. The lowest BCUT2D eigenvalue weighted by molar-refractivity contribution is -0.124. The number of amides is 1. The second kappa shape index (κ2) is 31.3. The van der Waals surface area contributed by atoms with Crippen molar-refractivity contribution in [2.24, 2.45) is 0 Å². The van der Waals surface area contributed by atoms with Crippen molar-refractivity contribution in [3.05, 3.63) is 48.6 Å². The van der Waals surface area contributed by atoms with Gasteiger partial charge in [-0.3, -0.25) is 4.79 Å². The number of nitrogens with one attached hydrogen (secondary N) is 1. The Kier molecular flexibility index (Phi) is 30.0. The van der Waals surface area contributed by atoms with Gasteiger partial charge in [-0.25, -0.2) is 0 Å².